The summed E-state index contributed by atoms with van der Waals surface area (Å²) in [6.07, 6.45) is 1.60. The monoisotopic (exact) mass is 262 g/mol. The summed E-state index contributed by atoms with van der Waals surface area (Å²) in [5.74, 6) is -0.197. The lowest BCUT2D eigenvalue weighted by atomic mass is 10.3. The maximum Gasteiger partial charge on any atom is 0.270 e. The molecule has 0 fully saturated rings. The second-order valence-electron chi connectivity index (χ2n) is 3.72. The van der Waals surface area contributed by atoms with Gasteiger partial charge in [-0.25, -0.2) is 4.98 Å². The first kappa shape index (κ1) is 12.5. The lowest BCUT2D eigenvalue weighted by Crippen LogP contribution is -2.24. The van der Waals surface area contributed by atoms with E-state index in [4.69, 9.17) is 0 Å². The number of amides is 1. The summed E-state index contributed by atoms with van der Waals surface area (Å²) < 4.78 is 0. The van der Waals surface area contributed by atoms with Crippen LogP contribution in [0.2, 0.25) is 0 Å². The number of anilines is 1. The highest BCUT2D eigenvalue weighted by Crippen LogP contribution is 2.09. The number of carbonyl (C=O) groups is 1. The molecule has 2 aromatic heterocycles. The highest BCUT2D eigenvalue weighted by Gasteiger charge is 2.08. The van der Waals surface area contributed by atoms with Gasteiger partial charge in [-0.15, -0.1) is 11.3 Å². The summed E-state index contributed by atoms with van der Waals surface area (Å²) in [5.41, 5.74) is 2.13. The number of aryl methyl sites for hydroxylation is 1. The van der Waals surface area contributed by atoms with Crippen LogP contribution in [-0.4, -0.2) is 22.9 Å². The van der Waals surface area contributed by atoms with Crippen LogP contribution in [0.4, 0.5) is 5.69 Å². The molecule has 2 heterocycles. The maximum atomic E-state index is 11.9. The van der Waals surface area contributed by atoms with Crippen LogP contribution in [0, 0.1) is 6.92 Å². The Balaban J connectivity index is 1.99. The smallest absolute Gasteiger partial charge is 0.270 e. The van der Waals surface area contributed by atoms with Gasteiger partial charge in [-0.2, -0.15) is 0 Å². The van der Waals surface area contributed by atoms with Crippen molar-refractivity contribution in [3.63, 3.8) is 0 Å². The third-order valence-electron chi connectivity index (χ3n) is 2.38. The number of hydrogen-bond acceptors (Lipinski definition) is 5. The molecule has 2 aromatic rings. The molecule has 6 heteroatoms. The fourth-order valence-corrected chi connectivity index (χ4v) is 2.07. The highest BCUT2D eigenvalue weighted by atomic mass is 32.1. The van der Waals surface area contributed by atoms with Gasteiger partial charge in [0.05, 0.1) is 17.2 Å². The first-order valence-corrected chi connectivity index (χ1v) is 6.40. The molecule has 0 saturated carbocycles. The number of aromatic nitrogens is 2. The highest BCUT2D eigenvalue weighted by molar-refractivity contribution is 7.09. The third-order valence-corrected chi connectivity index (χ3v) is 3.20. The van der Waals surface area contributed by atoms with Crippen LogP contribution in [0.3, 0.4) is 0 Å². The van der Waals surface area contributed by atoms with Crippen molar-refractivity contribution in [3.05, 3.63) is 40.1 Å². The van der Waals surface area contributed by atoms with Gasteiger partial charge in [-0.1, -0.05) is 0 Å². The quantitative estimate of drug-likeness (QED) is 0.882. The normalized spacial score (nSPS) is 10.1. The molecular formula is C12H14N4OS. The van der Waals surface area contributed by atoms with Crippen molar-refractivity contribution >= 4 is 22.9 Å². The van der Waals surface area contributed by atoms with Crippen molar-refractivity contribution in [3.8, 4) is 0 Å². The Hall–Kier alpha value is -1.95. The molecular weight excluding hydrogens is 248 g/mol. The summed E-state index contributed by atoms with van der Waals surface area (Å²) in [7, 11) is 1.80. The van der Waals surface area contributed by atoms with Gasteiger partial charge in [0, 0.05) is 24.3 Å². The van der Waals surface area contributed by atoms with E-state index in [1.807, 2.05) is 12.3 Å². The predicted molar refractivity (Wildman–Crippen MR) is 71.8 cm³/mol. The van der Waals surface area contributed by atoms with Crippen LogP contribution in [0.15, 0.2) is 23.7 Å². The van der Waals surface area contributed by atoms with Crippen molar-refractivity contribution < 1.29 is 4.79 Å². The largest absolute Gasteiger partial charge is 0.388 e. The van der Waals surface area contributed by atoms with Gasteiger partial charge in [0.15, 0.2) is 0 Å². The first-order valence-electron chi connectivity index (χ1n) is 5.52. The molecule has 2 N–H and O–H groups in total. The molecule has 0 atom stereocenters. The minimum absolute atomic E-state index is 0.197. The average Bonchev–Trinajstić information content (AvgIpc) is 2.82. The Bertz CT molecular complexity index is 553. The second kappa shape index (κ2) is 5.59. The Morgan fingerprint density at radius 1 is 1.50 bits per heavy atom. The Morgan fingerprint density at radius 3 is 3.00 bits per heavy atom. The topological polar surface area (TPSA) is 66.9 Å². The molecule has 0 bridgehead atoms. The summed E-state index contributed by atoms with van der Waals surface area (Å²) in [6, 6.07) is 3.52. The van der Waals surface area contributed by atoms with E-state index in [0.29, 0.717) is 12.2 Å². The summed E-state index contributed by atoms with van der Waals surface area (Å²) >= 11 is 1.57. The molecule has 0 radical (unpaired) electrons. The first-order chi connectivity index (χ1) is 8.69. The van der Waals surface area contributed by atoms with E-state index in [9.17, 15) is 4.79 Å². The number of carbonyl (C=O) groups excluding carboxylic acids is 1. The fourth-order valence-electron chi connectivity index (χ4n) is 1.46. The number of thiazole rings is 1. The zero-order valence-electron chi connectivity index (χ0n) is 10.2. The fraction of sp³-hybridized carbons (Fsp3) is 0.250. The molecule has 0 aliphatic rings. The number of hydrogen-bond donors (Lipinski definition) is 2. The van der Waals surface area contributed by atoms with E-state index in [2.05, 4.69) is 20.6 Å². The van der Waals surface area contributed by atoms with Crippen LogP contribution >= 0.6 is 11.3 Å². The lowest BCUT2D eigenvalue weighted by Gasteiger charge is -2.04. The molecule has 0 aliphatic heterocycles. The molecule has 2 rings (SSSR count). The lowest BCUT2D eigenvalue weighted by molar-refractivity contribution is 0.0945. The maximum absolute atomic E-state index is 11.9. The molecule has 0 aliphatic carbocycles. The molecule has 94 valence electrons. The van der Waals surface area contributed by atoms with Gasteiger partial charge in [-0.05, 0) is 19.1 Å². The molecule has 0 saturated heterocycles. The summed E-state index contributed by atoms with van der Waals surface area (Å²) in [4.78, 5) is 20.2. The van der Waals surface area contributed by atoms with E-state index < -0.39 is 0 Å². The second-order valence-corrected chi connectivity index (χ2v) is 4.78. The zero-order valence-corrected chi connectivity index (χ0v) is 11.0. The van der Waals surface area contributed by atoms with Crippen LogP contribution in [0.5, 0.6) is 0 Å². The van der Waals surface area contributed by atoms with Gasteiger partial charge in [0.25, 0.3) is 5.91 Å². The van der Waals surface area contributed by atoms with Crippen LogP contribution in [0.1, 0.15) is 21.2 Å². The van der Waals surface area contributed by atoms with Crippen molar-refractivity contribution in [2.75, 3.05) is 12.4 Å². The van der Waals surface area contributed by atoms with Gasteiger partial charge in [0.2, 0.25) is 0 Å². The predicted octanol–water partition coefficient (Wildman–Crippen LogP) is 1.82. The van der Waals surface area contributed by atoms with Gasteiger partial charge < -0.3 is 10.6 Å². The minimum Gasteiger partial charge on any atom is -0.388 e. The number of nitrogens with zero attached hydrogens (tertiary/aromatic N) is 2. The SMILES string of the molecule is CNc1ccnc(C(=O)NCc2csc(C)n2)c1. The summed E-state index contributed by atoms with van der Waals surface area (Å²) in [5, 5.41) is 8.70. The molecule has 5 nitrogen and oxygen atoms in total. The van der Waals surface area contributed by atoms with Crippen molar-refractivity contribution in [2.45, 2.75) is 13.5 Å². The third kappa shape index (κ3) is 3.04. The zero-order chi connectivity index (χ0) is 13.0. The van der Waals surface area contributed by atoms with E-state index in [-0.39, 0.29) is 5.91 Å². The molecule has 0 spiro atoms. The Kier molecular flexibility index (Phi) is 3.88. The molecule has 0 unspecified atom stereocenters. The van der Waals surface area contributed by atoms with Crippen LogP contribution in [-0.2, 0) is 6.54 Å². The Labute approximate surface area is 109 Å². The van der Waals surface area contributed by atoms with Gasteiger partial charge in [-0.3, -0.25) is 9.78 Å². The van der Waals surface area contributed by atoms with Crippen molar-refractivity contribution in [2.24, 2.45) is 0 Å². The molecule has 0 aromatic carbocycles. The van der Waals surface area contributed by atoms with Crippen molar-refractivity contribution in [1.82, 2.24) is 15.3 Å². The number of rotatable bonds is 4. The number of nitrogens with one attached hydrogen (secondary N) is 2. The van der Waals surface area contributed by atoms with E-state index >= 15 is 0 Å². The van der Waals surface area contributed by atoms with E-state index in [1.165, 1.54) is 0 Å². The number of pyridine rings is 1. The van der Waals surface area contributed by atoms with Crippen molar-refractivity contribution in [1.29, 1.82) is 0 Å². The van der Waals surface area contributed by atoms with Gasteiger partial charge in [0.1, 0.15) is 5.69 Å². The van der Waals surface area contributed by atoms with E-state index in [0.717, 1.165) is 16.4 Å². The van der Waals surface area contributed by atoms with Gasteiger partial charge >= 0.3 is 0 Å². The summed E-state index contributed by atoms with van der Waals surface area (Å²) in [6.45, 7) is 2.36. The van der Waals surface area contributed by atoms with Crippen LogP contribution in [0.25, 0.3) is 0 Å². The Morgan fingerprint density at radius 2 is 2.33 bits per heavy atom. The minimum atomic E-state index is -0.197. The van der Waals surface area contributed by atoms with E-state index in [1.54, 1.807) is 36.7 Å². The molecule has 1 amide bonds. The molecule has 18 heavy (non-hydrogen) atoms. The standard InChI is InChI=1S/C12H14N4OS/c1-8-16-10(7-18-8)6-15-12(17)11-5-9(13-2)3-4-14-11/h3-5,7H,6H2,1-2H3,(H,13,14)(H,15,17). The van der Waals surface area contributed by atoms with Crippen LogP contribution < -0.4 is 10.6 Å². The average molecular weight is 262 g/mol.